The first-order chi connectivity index (χ1) is 11.6. The topological polar surface area (TPSA) is 58.6 Å². The predicted octanol–water partition coefficient (Wildman–Crippen LogP) is 4.03. The van der Waals surface area contributed by atoms with Gasteiger partial charge >= 0.3 is 0 Å². The molecule has 0 radical (unpaired) electrons. The summed E-state index contributed by atoms with van der Waals surface area (Å²) in [6.45, 7) is 4.48. The van der Waals surface area contributed by atoms with Gasteiger partial charge in [-0.1, -0.05) is 17.7 Å². The lowest BCUT2D eigenvalue weighted by Crippen LogP contribution is -2.34. The molecule has 2 aromatic rings. The number of ether oxygens (including phenoxy) is 1. The van der Waals surface area contributed by atoms with E-state index in [9.17, 15) is 9.59 Å². The minimum absolute atomic E-state index is 0.261. The average molecular weight is 342 g/mol. The van der Waals surface area contributed by atoms with Crippen LogP contribution in [0.15, 0.2) is 48.5 Å². The quantitative estimate of drug-likeness (QED) is 0.889. The van der Waals surface area contributed by atoms with E-state index < -0.39 is 5.37 Å². The van der Waals surface area contributed by atoms with E-state index in [1.165, 1.54) is 4.90 Å². The van der Waals surface area contributed by atoms with E-state index in [0.29, 0.717) is 12.3 Å². The summed E-state index contributed by atoms with van der Waals surface area (Å²) in [7, 11) is 0. The number of imide groups is 1. The lowest BCUT2D eigenvalue weighted by Gasteiger charge is -2.15. The monoisotopic (exact) mass is 342 g/mol. The highest BCUT2D eigenvalue weighted by Gasteiger charge is 2.40. The van der Waals surface area contributed by atoms with Crippen molar-refractivity contribution in [3.63, 3.8) is 0 Å². The Labute approximate surface area is 145 Å². The standard InChI is InChI=1S/C18H18N2O3S/c1-3-23-15-10-6-13(7-11-15)19-16-17(21)20(18(22)24-16)14-8-4-12(2)5-9-14/h4-11,16,19H,3H2,1-2H3/t16-/m0/s1. The van der Waals surface area contributed by atoms with Crippen molar-refractivity contribution in [3.8, 4) is 5.75 Å². The number of benzene rings is 2. The Hall–Kier alpha value is -2.47. The first kappa shape index (κ1) is 16.4. The Kier molecular flexibility index (Phi) is 4.76. The Morgan fingerprint density at radius 3 is 2.38 bits per heavy atom. The van der Waals surface area contributed by atoms with Gasteiger partial charge in [0.1, 0.15) is 5.75 Å². The minimum atomic E-state index is -0.628. The second-order valence-corrected chi connectivity index (χ2v) is 6.43. The molecule has 1 N–H and O–H groups in total. The van der Waals surface area contributed by atoms with Crippen molar-refractivity contribution in [3.05, 3.63) is 54.1 Å². The third-order valence-corrected chi connectivity index (χ3v) is 4.54. The van der Waals surface area contributed by atoms with Gasteiger partial charge in [0.05, 0.1) is 12.3 Å². The second kappa shape index (κ2) is 6.97. The summed E-state index contributed by atoms with van der Waals surface area (Å²) >= 11 is 0.985. The molecular formula is C18H18N2O3S. The van der Waals surface area contributed by atoms with Crippen LogP contribution in [-0.2, 0) is 4.79 Å². The van der Waals surface area contributed by atoms with E-state index in [1.807, 2.05) is 50.2 Å². The largest absolute Gasteiger partial charge is 0.494 e. The molecule has 5 nitrogen and oxygen atoms in total. The molecular weight excluding hydrogens is 324 g/mol. The number of hydrogen-bond acceptors (Lipinski definition) is 5. The molecule has 124 valence electrons. The van der Waals surface area contributed by atoms with Crippen molar-refractivity contribution < 1.29 is 14.3 Å². The molecule has 0 aliphatic carbocycles. The molecule has 1 saturated heterocycles. The van der Waals surface area contributed by atoms with Crippen LogP contribution in [0.4, 0.5) is 16.2 Å². The second-order valence-electron chi connectivity index (χ2n) is 5.37. The van der Waals surface area contributed by atoms with Crippen molar-refractivity contribution >= 4 is 34.3 Å². The van der Waals surface area contributed by atoms with Crippen molar-refractivity contribution in [2.45, 2.75) is 19.2 Å². The van der Waals surface area contributed by atoms with Gasteiger partial charge in [0.25, 0.3) is 11.1 Å². The number of amides is 2. The van der Waals surface area contributed by atoms with E-state index in [-0.39, 0.29) is 11.1 Å². The molecule has 0 saturated carbocycles. The van der Waals surface area contributed by atoms with Gasteiger partial charge in [-0.3, -0.25) is 9.59 Å². The number of hydrogen-bond donors (Lipinski definition) is 1. The van der Waals surface area contributed by atoms with Crippen LogP contribution in [0.1, 0.15) is 12.5 Å². The number of nitrogens with one attached hydrogen (secondary N) is 1. The maximum Gasteiger partial charge on any atom is 0.295 e. The summed E-state index contributed by atoms with van der Waals surface area (Å²) in [5.41, 5.74) is 2.44. The summed E-state index contributed by atoms with van der Waals surface area (Å²) in [5, 5.41) is 2.20. The zero-order valence-electron chi connectivity index (χ0n) is 13.5. The van der Waals surface area contributed by atoms with Gasteiger partial charge in [0, 0.05) is 5.69 Å². The van der Waals surface area contributed by atoms with Crippen molar-refractivity contribution in [2.75, 3.05) is 16.8 Å². The third-order valence-electron chi connectivity index (χ3n) is 3.60. The van der Waals surface area contributed by atoms with E-state index in [4.69, 9.17) is 4.74 Å². The van der Waals surface area contributed by atoms with Crippen molar-refractivity contribution in [2.24, 2.45) is 0 Å². The maximum absolute atomic E-state index is 12.6. The molecule has 1 aliphatic heterocycles. The number of nitrogens with zero attached hydrogens (tertiary/aromatic N) is 1. The fraction of sp³-hybridized carbons (Fsp3) is 0.222. The van der Waals surface area contributed by atoms with Crippen LogP contribution in [0.25, 0.3) is 0 Å². The van der Waals surface area contributed by atoms with Crippen molar-refractivity contribution in [1.29, 1.82) is 0 Å². The van der Waals surface area contributed by atoms with Gasteiger partial charge in [0.15, 0.2) is 5.37 Å². The smallest absolute Gasteiger partial charge is 0.295 e. The predicted molar refractivity (Wildman–Crippen MR) is 96.7 cm³/mol. The normalized spacial score (nSPS) is 17.2. The van der Waals surface area contributed by atoms with Gasteiger partial charge in [-0.2, -0.15) is 0 Å². The molecule has 0 spiro atoms. The molecule has 0 bridgehead atoms. The van der Waals surface area contributed by atoms with Gasteiger partial charge in [-0.25, -0.2) is 4.90 Å². The highest BCUT2D eigenvalue weighted by atomic mass is 32.2. The van der Waals surface area contributed by atoms with Crippen LogP contribution in [0.3, 0.4) is 0 Å². The zero-order valence-corrected chi connectivity index (χ0v) is 14.3. The van der Waals surface area contributed by atoms with Crippen LogP contribution in [0, 0.1) is 6.92 Å². The number of carbonyl (C=O) groups excluding carboxylic acids is 2. The highest BCUT2D eigenvalue weighted by Crippen LogP contribution is 2.32. The molecule has 1 atom stereocenters. The number of anilines is 2. The Morgan fingerprint density at radius 2 is 1.75 bits per heavy atom. The number of rotatable bonds is 5. The van der Waals surface area contributed by atoms with Crippen LogP contribution in [-0.4, -0.2) is 23.1 Å². The fourth-order valence-electron chi connectivity index (χ4n) is 2.39. The summed E-state index contributed by atoms with van der Waals surface area (Å²) in [6, 6.07) is 14.7. The zero-order chi connectivity index (χ0) is 17.1. The SMILES string of the molecule is CCOc1ccc(N[C@H]2SC(=O)N(c3ccc(C)cc3)C2=O)cc1. The van der Waals surface area contributed by atoms with E-state index in [0.717, 1.165) is 28.8 Å². The highest BCUT2D eigenvalue weighted by molar-refractivity contribution is 8.16. The van der Waals surface area contributed by atoms with E-state index in [2.05, 4.69) is 5.32 Å². The molecule has 1 heterocycles. The summed E-state index contributed by atoms with van der Waals surface area (Å²) in [6.07, 6.45) is 0. The molecule has 3 rings (SSSR count). The number of thioether (sulfide) groups is 1. The molecule has 1 fully saturated rings. The fourth-order valence-corrected chi connectivity index (χ4v) is 3.30. The Balaban J connectivity index is 1.72. The number of aryl methyl sites for hydroxylation is 1. The van der Waals surface area contributed by atoms with E-state index >= 15 is 0 Å². The lowest BCUT2D eigenvalue weighted by atomic mass is 10.2. The van der Waals surface area contributed by atoms with Crippen molar-refractivity contribution in [1.82, 2.24) is 0 Å². The molecule has 0 aromatic heterocycles. The molecule has 1 aliphatic rings. The molecule has 0 unspecified atom stereocenters. The first-order valence-corrected chi connectivity index (χ1v) is 8.57. The summed E-state index contributed by atoms with van der Waals surface area (Å²) in [4.78, 5) is 26.0. The molecule has 6 heteroatoms. The van der Waals surface area contributed by atoms with Crippen LogP contribution in [0.5, 0.6) is 5.75 Å². The van der Waals surface area contributed by atoms with Crippen LogP contribution < -0.4 is 15.0 Å². The summed E-state index contributed by atoms with van der Waals surface area (Å²) < 4.78 is 5.39. The van der Waals surface area contributed by atoms with Gasteiger partial charge in [-0.05, 0) is 62.0 Å². The van der Waals surface area contributed by atoms with E-state index in [1.54, 1.807) is 12.1 Å². The first-order valence-electron chi connectivity index (χ1n) is 7.69. The third kappa shape index (κ3) is 3.38. The molecule has 2 amide bonds. The Bertz CT molecular complexity index is 744. The summed E-state index contributed by atoms with van der Waals surface area (Å²) in [5.74, 6) is 0.508. The van der Waals surface area contributed by atoms with Gasteiger partial charge < -0.3 is 10.1 Å². The van der Waals surface area contributed by atoms with Crippen LogP contribution in [0.2, 0.25) is 0 Å². The lowest BCUT2D eigenvalue weighted by molar-refractivity contribution is -0.116. The van der Waals surface area contributed by atoms with Crippen LogP contribution >= 0.6 is 11.8 Å². The molecule has 2 aromatic carbocycles. The Morgan fingerprint density at radius 1 is 1.08 bits per heavy atom. The van der Waals surface area contributed by atoms with Gasteiger partial charge in [-0.15, -0.1) is 0 Å². The number of carbonyl (C=O) groups is 2. The van der Waals surface area contributed by atoms with Gasteiger partial charge in [0.2, 0.25) is 0 Å². The molecule has 24 heavy (non-hydrogen) atoms. The maximum atomic E-state index is 12.6. The average Bonchev–Trinajstić information content (AvgIpc) is 2.85. The minimum Gasteiger partial charge on any atom is -0.494 e.